The third-order valence-corrected chi connectivity index (χ3v) is 5.63. The van der Waals surface area contributed by atoms with Crippen molar-refractivity contribution in [3.8, 4) is 6.07 Å². The third-order valence-electron chi connectivity index (χ3n) is 3.71. The monoisotopic (exact) mass is 336 g/mol. The first-order valence-electron chi connectivity index (χ1n) is 7.61. The number of nitriles is 1. The molecule has 1 saturated heterocycles. The van der Waals surface area contributed by atoms with E-state index in [1.807, 2.05) is 6.07 Å². The van der Waals surface area contributed by atoms with Gasteiger partial charge >= 0.3 is 5.97 Å². The van der Waals surface area contributed by atoms with Gasteiger partial charge in [0.2, 0.25) is 10.0 Å². The number of rotatable bonds is 5. The largest absolute Gasteiger partial charge is 0.447 e. The summed E-state index contributed by atoms with van der Waals surface area (Å²) in [7, 11) is -3.46. The van der Waals surface area contributed by atoms with E-state index in [9.17, 15) is 13.2 Å². The highest BCUT2D eigenvalue weighted by molar-refractivity contribution is 7.89. The van der Waals surface area contributed by atoms with E-state index < -0.39 is 22.1 Å². The van der Waals surface area contributed by atoms with Crippen LogP contribution in [0.3, 0.4) is 0 Å². The summed E-state index contributed by atoms with van der Waals surface area (Å²) >= 11 is 0. The van der Waals surface area contributed by atoms with E-state index in [-0.39, 0.29) is 11.3 Å². The molecule has 6 nitrogen and oxygen atoms in total. The zero-order valence-electron chi connectivity index (χ0n) is 13.1. The highest BCUT2D eigenvalue weighted by atomic mass is 32.2. The number of hydrogen-bond donors (Lipinski definition) is 0. The number of benzene rings is 1. The molecule has 1 aromatic rings. The Morgan fingerprint density at radius 2 is 1.87 bits per heavy atom. The van der Waals surface area contributed by atoms with Crippen LogP contribution in [0.15, 0.2) is 29.2 Å². The van der Waals surface area contributed by atoms with Crippen molar-refractivity contribution >= 4 is 16.0 Å². The fourth-order valence-electron chi connectivity index (χ4n) is 2.47. The maximum absolute atomic E-state index is 12.5. The molecule has 0 amide bonds. The maximum Gasteiger partial charge on any atom is 0.311 e. The second kappa shape index (κ2) is 7.57. The summed E-state index contributed by atoms with van der Waals surface area (Å²) in [5.74, 6) is -0.509. The van der Waals surface area contributed by atoms with Gasteiger partial charge in [0.25, 0.3) is 0 Å². The highest BCUT2D eigenvalue weighted by Gasteiger charge is 2.25. The third kappa shape index (κ3) is 4.53. The molecule has 1 aromatic carbocycles. The molecule has 0 unspecified atom stereocenters. The van der Waals surface area contributed by atoms with Gasteiger partial charge in [0.05, 0.1) is 11.3 Å². The van der Waals surface area contributed by atoms with E-state index in [0.29, 0.717) is 18.7 Å². The minimum Gasteiger partial charge on any atom is -0.447 e. The van der Waals surface area contributed by atoms with E-state index in [1.54, 1.807) is 12.1 Å². The predicted octanol–water partition coefficient (Wildman–Crippen LogP) is 1.86. The lowest BCUT2D eigenvalue weighted by molar-refractivity contribution is -0.145. The summed E-state index contributed by atoms with van der Waals surface area (Å²) in [6.07, 6.45) is 2.06. The zero-order valence-corrected chi connectivity index (χ0v) is 13.9. The number of sulfonamides is 1. The minimum atomic E-state index is -3.46. The molecule has 0 spiro atoms. The quantitative estimate of drug-likeness (QED) is 0.766. The number of esters is 1. The van der Waals surface area contributed by atoms with Crippen LogP contribution in [0.2, 0.25) is 0 Å². The van der Waals surface area contributed by atoms with Crippen molar-refractivity contribution in [3.05, 3.63) is 29.8 Å². The van der Waals surface area contributed by atoms with E-state index in [4.69, 9.17) is 10.00 Å². The average molecular weight is 336 g/mol. The molecule has 0 saturated carbocycles. The Morgan fingerprint density at radius 3 is 2.43 bits per heavy atom. The lowest BCUT2D eigenvalue weighted by Crippen LogP contribution is -2.35. The van der Waals surface area contributed by atoms with Gasteiger partial charge in [-0.1, -0.05) is 18.6 Å². The molecule has 1 aliphatic heterocycles. The van der Waals surface area contributed by atoms with Gasteiger partial charge in [-0.3, -0.25) is 4.79 Å². The Bertz CT molecular complexity index is 686. The van der Waals surface area contributed by atoms with Gasteiger partial charge in [-0.05, 0) is 37.5 Å². The van der Waals surface area contributed by atoms with E-state index >= 15 is 0 Å². The summed E-state index contributed by atoms with van der Waals surface area (Å²) in [5.41, 5.74) is 0.651. The first-order valence-corrected chi connectivity index (χ1v) is 9.05. The number of nitrogens with zero attached hydrogens (tertiary/aromatic N) is 2. The smallest absolute Gasteiger partial charge is 0.311 e. The molecule has 2 rings (SSSR count). The minimum absolute atomic E-state index is 0.00998. The van der Waals surface area contributed by atoms with E-state index in [2.05, 4.69) is 0 Å². The number of piperidine rings is 1. The lowest BCUT2D eigenvalue weighted by Gasteiger charge is -2.25. The van der Waals surface area contributed by atoms with Gasteiger partial charge in [-0.15, -0.1) is 0 Å². The Hall–Kier alpha value is -1.91. The second-order valence-electron chi connectivity index (χ2n) is 5.55. The SMILES string of the molecule is C[C@@H](C#N)OC(=O)Cc1ccc(S(=O)(=O)N2CCCCC2)cc1. The molecule has 0 N–H and O–H groups in total. The van der Waals surface area contributed by atoms with Crippen LogP contribution in [-0.2, 0) is 26.0 Å². The van der Waals surface area contributed by atoms with Gasteiger partial charge in [0.15, 0.2) is 6.10 Å². The zero-order chi connectivity index (χ0) is 16.9. The summed E-state index contributed by atoms with van der Waals surface area (Å²) in [5, 5.41) is 8.60. The van der Waals surface area contributed by atoms with Crippen LogP contribution in [0.4, 0.5) is 0 Å². The molecule has 0 aliphatic carbocycles. The van der Waals surface area contributed by atoms with Crippen molar-refractivity contribution in [1.29, 1.82) is 5.26 Å². The second-order valence-corrected chi connectivity index (χ2v) is 7.48. The molecule has 7 heteroatoms. The maximum atomic E-state index is 12.5. The molecule has 0 aromatic heterocycles. The van der Waals surface area contributed by atoms with Crippen molar-refractivity contribution in [2.24, 2.45) is 0 Å². The topological polar surface area (TPSA) is 87.5 Å². The number of hydrogen-bond acceptors (Lipinski definition) is 5. The Balaban J connectivity index is 2.04. The first-order chi connectivity index (χ1) is 10.9. The van der Waals surface area contributed by atoms with E-state index in [1.165, 1.54) is 23.4 Å². The van der Waals surface area contributed by atoms with Crippen LogP contribution in [-0.4, -0.2) is 37.9 Å². The molecule has 1 aliphatic rings. The van der Waals surface area contributed by atoms with Gasteiger partial charge in [0, 0.05) is 13.1 Å². The van der Waals surface area contributed by atoms with Crippen LogP contribution >= 0.6 is 0 Å². The molecule has 0 radical (unpaired) electrons. The molecular weight excluding hydrogens is 316 g/mol. The van der Waals surface area contributed by atoms with Crippen molar-refractivity contribution < 1.29 is 17.9 Å². The van der Waals surface area contributed by atoms with Gasteiger partial charge in [0.1, 0.15) is 6.07 Å². The molecule has 1 heterocycles. The van der Waals surface area contributed by atoms with Crippen molar-refractivity contribution in [2.45, 2.75) is 43.6 Å². The molecular formula is C16H20N2O4S. The number of ether oxygens (including phenoxy) is 1. The highest BCUT2D eigenvalue weighted by Crippen LogP contribution is 2.21. The lowest BCUT2D eigenvalue weighted by atomic mass is 10.1. The predicted molar refractivity (Wildman–Crippen MR) is 83.9 cm³/mol. The van der Waals surface area contributed by atoms with Crippen LogP contribution in [0.1, 0.15) is 31.7 Å². The Kier molecular flexibility index (Phi) is 5.74. The van der Waals surface area contributed by atoms with Gasteiger partial charge < -0.3 is 4.74 Å². The van der Waals surface area contributed by atoms with Gasteiger partial charge in [-0.2, -0.15) is 9.57 Å². The normalized spacial score (nSPS) is 17.2. The van der Waals surface area contributed by atoms with Crippen LogP contribution in [0.5, 0.6) is 0 Å². The molecule has 1 fully saturated rings. The molecule has 124 valence electrons. The van der Waals surface area contributed by atoms with Gasteiger partial charge in [-0.25, -0.2) is 8.42 Å². The molecule has 23 heavy (non-hydrogen) atoms. The standard InChI is InChI=1S/C16H20N2O4S/c1-13(12-17)22-16(19)11-14-5-7-15(8-6-14)23(20,21)18-9-3-2-4-10-18/h5-8,13H,2-4,9-11H2,1H3/t13-/m0/s1. The first kappa shape index (κ1) is 17.4. The fourth-order valence-corrected chi connectivity index (χ4v) is 3.98. The molecule has 1 atom stereocenters. The van der Waals surface area contributed by atoms with Crippen molar-refractivity contribution in [2.75, 3.05) is 13.1 Å². The fraction of sp³-hybridized carbons (Fsp3) is 0.500. The van der Waals surface area contributed by atoms with E-state index in [0.717, 1.165) is 19.3 Å². The Labute approximate surface area is 136 Å². The van der Waals surface area contributed by atoms with Crippen LogP contribution in [0, 0.1) is 11.3 Å². The van der Waals surface area contributed by atoms with Crippen LogP contribution in [0.25, 0.3) is 0 Å². The van der Waals surface area contributed by atoms with Crippen molar-refractivity contribution in [1.82, 2.24) is 4.31 Å². The average Bonchev–Trinajstić information content (AvgIpc) is 2.56. The summed E-state index contributed by atoms with van der Waals surface area (Å²) in [6.45, 7) is 2.61. The summed E-state index contributed by atoms with van der Waals surface area (Å²) < 4.78 is 31.4. The number of carbonyl (C=O) groups excluding carboxylic acids is 1. The summed E-state index contributed by atoms with van der Waals surface area (Å²) in [4.78, 5) is 11.8. The number of carbonyl (C=O) groups is 1. The van der Waals surface area contributed by atoms with Crippen molar-refractivity contribution in [3.63, 3.8) is 0 Å². The Morgan fingerprint density at radius 1 is 1.26 bits per heavy atom. The molecule has 0 bridgehead atoms. The summed E-state index contributed by atoms with van der Waals surface area (Å²) in [6, 6.07) is 8.06. The van der Waals surface area contributed by atoms with Crippen LogP contribution < -0.4 is 0 Å².